The Balaban J connectivity index is 1.83. The Morgan fingerprint density at radius 1 is 1.05 bits per heavy atom. The number of allylic oxidation sites excluding steroid dienone is 8. The third-order valence-corrected chi connectivity index (χ3v) is 6.99. The Morgan fingerprint density at radius 3 is 2.57 bits per heavy atom. The maximum Gasteiger partial charge on any atom is -0.00662 e. The monoisotopic (exact) mass is 280 g/mol. The molecular formula is C21H28. The van der Waals surface area contributed by atoms with Gasteiger partial charge in [-0.2, -0.15) is 0 Å². The molecule has 0 N–H and O–H groups in total. The van der Waals surface area contributed by atoms with Gasteiger partial charge in [0.1, 0.15) is 0 Å². The van der Waals surface area contributed by atoms with Gasteiger partial charge in [-0.1, -0.05) is 74.8 Å². The van der Waals surface area contributed by atoms with Crippen molar-refractivity contribution in [3.05, 3.63) is 48.1 Å². The highest BCUT2D eigenvalue weighted by atomic mass is 14.6. The molecule has 0 aromatic rings. The molecule has 21 heavy (non-hydrogen) atoms. The van der Waals surface area contributed by atoms with Crippen molar-refractivity contribution in [2.24, 2.45) is 35.0 Å². The van der Waals surface area contributed by atoms with Gasteiger partial charge in [-0.3, -0.25) is 0 Å². The maximum absolute atomic E-state index is 2.54. The Bertz CT molecular complexity index is 530. The molecule has 0 heterocycles. The summed E-state index contributed by atoms with van der Waals surface area (Å²) in [6.45, 7) is 5.00. The first-order valence-corrected chi connectivity index (χ1v) is 8.96. The normalized spacial score (nSPS) is 44.0. The molecule has 4 aliphatic rings. The molecule has 4 aliphatic carbocycles. The van der Waals surface area contributed by atoms with Gasteiger partial charge in [0.15, 0.2) is 0 Å². The largest absolute Gasteiger partial charge is 0.0805 e. The average Bonchev–Trinajstić information content (AvgIpc) is 3.10. The molecule has 0 saturated heterocycles. The number of fused-ring (bicyclic) bond motifs is 3. The van der Waals surface area contributed by atoms with Gasteiger partial charge in [0.2, 0.25) is 0 Å². The smallest absolute Gasteiger partial charge is 0.00662 e. The molecule has 0 radical (unpaired) electrons. The first-order chi connectivity index (χ1) is 10.2. The predicted octanol–water partition coefficient (Wildman–Crippen LogP) is 5.69. The van der Waals surface area contributed by atoms with Crippen LogP contribution in [0.15, 0.2) is 48.1 Å². The lowest BCUT2D eigenvalue weighted by Crippen LogP contribution is -2.41. The summed E-state index contributed by atoms with van der Waals surface area (Å²) in [6, 6.07) is 0. The molecule has 0 bridgehead atoms. The minimum atomic E-state index is 0.546. The minimum Gasteiger partial charge on any atom is -0.0805 e. The molecule has 0 aromatic carbocycles. The fourth-order valence-corrected chi connectivity index (χ4v) is 6.28. The lowest BCUT2D eigenvalue weighted by molar-refractivity contribution is 0.0273. The summed E-state index contributed by atoms with van der Waals surface area (Å²) in [6.07, 6.45) is 23.8. The van der Waals surface area contributed by atoms with Crippen LogP contribution in [0.3, 0.4) is 0 Å². The molecule has 0 aromatic heterocycles. The van der Waals surface area contributed by atoms with Crippen LogP contribution in [0.4, 0.5) is 0 Å². The fraction of sp³-hybridized carbons (Fsp3) is 0.619. The molecule has 4 rings (SSSR count). The SMILES string of the molecule is CC(C)C12CCCCC1C1C=CC=CC1C2C1=CC=CC1. The zero-order chi connectivity index (χ0) is 14.4. The average molecular weight is 280 g/mol. The number of hydrogen-bond donors (Lipinski definition) is 0. The zero-order valence-corrected chi connectivity index (χ0v) is 13.5. The topological polar surface area (TPSA) is 0 Å². The Kier molecular flexibility index (Phi) is 3.24. The van der Waals surface area contributed by atoms with E-state index < -0.39 is 0 Å². The lowest BCUT2D eigenvalue weighted by atomic mass is 9.56. The lowest BCUT2D eigenvalue weighted by Gasteiger charge is -2.48. The molecule has 0 nitrogen and oxygen atoms in total. The highest BCUT2D eigenvalue weighted by molar-refractivity contribution is 5.35. The summed E-state index contributed by atoms with van der Waals surface area (Å²) in [7, 11) is 0. The van der Waals surface area contributed by atoms with Crippen molar-refractivity contribution in [3.63, 3.8) is 0 Å². The second-order valence-electron chi connectivity index (χ2n) is 7.90. The van der Waals surface area contributed by atoms with E-state index in [1.165, 1.54) is 32.1 Å². The van der Waals surface area contributed by atoms with E-state index in [-0.39, 0.29) is 0 Å². The van der Waals surface area contributed by atoms with E-state index in [0.29, 0.717) is 5.41 Å². The summed E-state index contributed by atoms with van der Waals surface area (Å²) >= 11 is 0. The van der Waals surface area contributed by atoms with E-state index in [9.17, 15) is 0 Å². The first kappa shape index (κ1) is 13.6. The maximum atomic E-state index is 2.54. The van der Waals surface area contributed by atoms with Crippen molar-refractivity contribution < 1.29 is 0 Å². The molecule has 5 atom stereocenters. The Hall–Kier alpha value is -1.04. The van der Waals surface area contributed by atoms with Gasteiger partial charge in [-0.05, 0) is 54.3 Å². The molecule has 0 aliphatic heterocycles. The number of hydrogen-bond acceptors (Lipinski definition) is 0. The second kappa shape index (κ2) is 5.00. The van der Waals surface area contributed by atoms with Gasteiger partial charge < -0.3 is 0 Å². The summed E-state index contributed by atoms with van der Waals surface area (Å²) in [5.74, 6) is 4.03. The highest BCUT2D eigenvalue weighted by Gasteiger charge is 2.60. The quantitative estimate of drug-likeness (QED) is 0.609. The van der Waals surface area contributed by atoms with Crippen LogP contribution in [0.5, 0.6) is 0 Å². The van der Waals surface area contributed by atoms with Gasteiger partial charge in [-0.25, -0.2) is 0 Å². The summed E-state index contributed by atoms with van der Waals surface area (Å²) in [5, 5.41) is 0. The first-order valence-electron chi connectivity index (χ1n) is 8.96. The van der Waals surface area contributed by atoms with Crippen LogP contribution in [0, 0.1) is 35.0 Å². The van der Waals surface area contributed by atoms with Crippen molar-refractivity contribution >= 4 is 0 Å². The van der Waals surface area contributed by atoms with Crippen LogP contribution in [-0.2, 0) is 0 Å². The third-order valence-electron chi connectivity index (χ3n) is 6.99. The molecule has 2 fully saturated rings. The van der Waals surface area contributed by atoms with Crippen LogP contribution in [0.1, 0.15) is 46.0 Å². The molecular weight excluding hydrogens is 252 g/mol. The van der Waals surface area contributed by atoms with E-state index >= 15 is 0 Å². The Labute approximate surface area is 129 Å². The fourth-order valence-electron chi connectivity index (χ4n) is 6.28. The molecule has 0 spiro atoms. The summed E-state index contributed by atoms with van der Waals surface area (Å²) < 4.78 is 0. The summed E-state index contributed by atoms with van der Waals surface area (Å²) in [4.78, 5) is 0. The summed E-state index contributed by atoms with van der Waals surface area (Å²) in [5.41, 5.74) is 2.27. The van der Waals surface area contributed by atoms with Gasteiger partial charge >= 0.3 is 0 Å². The Morgan fingerprint density at radius 2 is 1.86 bits per heavy atom. The van der Waals surface area contributed by atoms with E-state index in [4.69, 9.17) is 0 Å². The molecule has 0 heteroatoms. The van der Waals surface area contributed by atoms with E-state index in [0.717, 1.165) is 29.6 Å². The molecule has 5 unspecified atom stereocenters. The van der Waals surface area contributed by atoms with Gasteiger partial charge in [0.25, 0.3) is 0 Å². The van der Waals surface area contributed by atoms with E-state index in [2.05, 4.69) is 56.4 Å². The minimum absolute atomic E-state index is 0.546. The van der Waals surface area contributed by atoms with Crippen LogP contribution < -0.4 is 0 Å². The predicted molar refractivity (Wildman–Crippen MR) is 89.8 cm³/mol. The van der Waals surface area contributed by atoms with Gasteiger partial charge in [0.05, 0.1) is 0 Å². The van der Waals surface area contributed by atoms with Crippen LogP contribution in [0.25, 0.3) is 0 Å². The van der Waals surface area contributed by atoms with Crippen LogP contribution in [-0.4, -0.2) is 0 Å². The van der Waals surface area contributed by atoms with Crippen molar-refractivity contribution in [2.75, 3.05) is 0 Å². The van der Waals surface area contributed by atoms with Crippen molar-refractivity contribution in [1.29, 1.82) is 0 Å². The van der Waals surface area contributed by atoms with Crippen molar-refractivity contribution in [3.8, 4) is 0 Å². The van der Waals surface area contributed by atoms with Gasteiger partial charge in [0, 0.05) is 0 Å². The highest BCUT2D eigenvalue weighted by Crippen LogP contribution is 2.67. The van der Waals surface area contributed by atoms with Crippen molar-refractivity contribution in [2.45, 2.75) is 46.0 Å². The van der Waals surface area contributed by atoms with E-state index in [1.807, 2.05) is 0 Å². The van der Waals surface area contributed by atoms with Gasteiger partial charge in [-0.15, -0.1) is 0 Å². The van der Waals surface area contributed by atoms with E-state index in [1.54, 1.807) is 5.57 Å². The molecule has 0 amide bonds. The third kappa shape index (κ3) is 1.81. The van der Waals surface area contributed by atoms with Crippen molar-refractivity contribution in [1.82, 2.24) is 0 Å². The standard InChI is InChI=1S/C21H28/c1-15(2)21-14-8-7-13-19(21)17-11-5-6-12-18(17)20(21)16-9-3-4-10-16/h3-6,9,11-12,15,17-20H,7-8,10,13-14H2,1-2H3. The zero-order valence-electron chi connectivity index (χ0n) is 13.5. The number of rotatable bonds is 2. The second-order valence-corrected chi connectivity index (χ2v) is 7.90. The molecule has 2 saturated carbocycles. The van der Waals surface area contributed by atoms with Crippen LogP contribution in [0.2, 0.25) is 0 Å². The molecule has 112 valence electrons. The van der Waals surface area contributed by atoms with Crippen LogP contribution >= 0.6 is 0 Å².